The van der Waals surface area contributed by atoms with E-state index in [-0.39, 0.29) is 17.0 Å². The average Bonchev–Trinajstić information content (AvgIpc) is 2.62. The van der Waals surface area contributed by atoms with Crippen molar-refractivity contribution in [3.05, 3.63) is 57.6 Å². The molecule has 1 amide bonds. The highest BCUT2D eigenvalue weighted by atomic mass is 35.5. The van der Waals surface area contributed by atoms with Crippen LogP contribution in [0.3, 0.4) is 0 Å². The molecule has 26 heavy (non-hydrogen) atoms. The number of methoxy groups -OCH3 is 2. The van der Waals surface area contributed by atoms with Crippen LogP contribution < -0.4 is 14.8 Å². The predicted molar refractivity (Wildman–Crippen MR) is 98.5 cm³/mol. The molecule has 1 atom stereocenters. The summed E-state index contributed by atoms with van der Waals surface area (Å²) in [6.07, 6.45) is -0.303. The van der Waals surface area contributed by atoms with Gasteiger partial charge in [-0.25, -0.2) is 0 Å². The molecule has 0 aliphatic rings. The van der Waals surface area contributed by atoms with Crippen molar-refractivity contribution in [2.24, 2.45) is 0 Å². The molecular weight excluding hydrogens is 381 g/mol. The maximum absolute atomic E-state index is 12.5. The highest BCUT2D eigenvalue weighted by Gasteiger charge is 2.21. The first-order valence-corrected chi connectivity index (χ1v) is 8.31. The summed E-state index contributed by atoms with van der Waals surface area (Å²) >= 11 is 11.8. The zero-order valence-electron chi connectivity index (χ0n) is 14.1. The number of hydrogen-bond acceptors (Lipinski definition) is 4. The van der Waals surface area contributed by atoms with E-state index >= 15 is 0 Å². The van der Waals surface area contributed by atoms with Crippen molar-refractivity contribution in [1.82, 2.24) is 5.32 Å². The van der Waals surface area contributed by atoms with Crippen molar-refractivity contribution < 1.29 is 24.2 Å². The summed E-state index contributed by atoms with van der Waals surface area (Å²) in [4.78, 5) is 23.7. The van der Waals surface area contributed by atoms with Gasteiger partial charge in [0.25, 0.3) is 5.91 Å². The standard InChI is InChI=1S/C18H17Cl2NO5/c1-25-15-6-4-10(8-16(15)26-2)14(9-17(22)23)21-18(24)11-3-5-12(19)13(20)7-11/h3-8,14H,9H2,1-2H3,(H,21,24)(H,22,23). The third kappa shape index (κ3) is 4.80. The molecular formula is C18H17Cl2NO5. The van der Waals surface area contributed by atoms with E-state index in [4.69, 9.17) is 32.7 Å². The lowest BCUT2D eigenvalue weighted by atomic mass is 10.0. The molecule has 0 aliphatic heterocycles. The second-order valence-electron chi connectivity index (χ2n) is 5.37. The fourth-order valence-electron chi connectivity index (χ4n) is 2.38. The lowest BCUT2D eigenvalue weighted by Gasteiger charge is -2.19. The molecule has 8 heteroatoms. The Morgan fingerprint density at radius 2 is 1.73 bits per heavy atom. The largest absolute Gasteiger partial charge is 0.493 e. The quantitative estimate of drug-likeness (QED) is 0.738. The Morgan fingerprint density at radius 1 is 1.04 bits per heavy atom. The monoisotopic (exact) mass is 397 g/mol. The van der Waals surface area contributed by atoms with Crippen LogP contribution in [0, 0.1) is 0 Å². The Morgan fingerprint density at radius 3 is 2.31 bits per heavy atom. The van der Waals surface area contributed by atoms with Gasteiger partial charge in [-0.15, -0.1) is 0 Å². The Labute approximate surface area is 160 Å². The number of benzene rings is 2. The summed E-state index contributed by atoms with van der Waals surface area (Å²) in [5, 5.41) is 12.4. The van der Waals surface area contributed by atoms with Gasteiger partial charge in [0.1, 0.15) is 0 Å². The number of aliphatic carboxylic acids is 1. The number of carbonyl (C=O) groups excluding carboxylic acids is 1. The molecule has 6 nitrogen and oxygen atoms in total. The van der Waals surface area contributed by atoms with E-state index in [9.17, 15) is 14.7 Å². The molecule has 2 N–H and O–H groups in total. The summed E-state index contributed by atoms with van der Waals surface area (Å²) in [5.74, 6) is -0.589. The highest BCUT2D eigenvalue weighted by Crippen LogP contribution is 2.31. The lowest BCUT2D eigenvalue weighted by Crippen LogP contribution is -2.30. The minimum Gasteiger partial charge on any atom is -0.493 e. The summed E-state index contributed by atoms with van der Waals surface area (Å²) < 4.78 is 10.4. The Kier molecular flexibility index (Phi) is 6.71. The number of nitrogens with one attached hydrogen (secondary N) is 1. The third-order valence-electron chi connectivity index (χ3n) is 3.68. The smallest absolute Gasteiger partial charge is 0.305 e. The van der Waals surface area contributed by atoms with Crippen LogP contribution in [0.1, 0.15) is 28.4 Å². The van der Waals surface area contributed by atoms with Crippen LogP contribution in [-0.2, 0) is 4.79 Å². The van der Waals surface area contributed by atoms with E-state index in [0.717, 1.165) is 0 Å². The molecule has 0 bridgehead atoms. The Hall–Kier alpha value is -2.44. The minimum absolute atomic E-state index is 0.236. The van der Waals surface area contributed by atoms with E-state index in [2.05, 4.69) is 5.32 Å². The number of carboxylic acids is 1. The van der Waals surface area contributed by atoms with E-state index in [1.54, 1.807) is 18.2 Å². The molecule has 0 spiro atoms. The molecule has 0 saturated heterocycles. The van der Waals surface area contributed by atoms with Crippen molar-refractivity contribution in [1.29, 1.82) is 0 Å². The normalized spacial score (nSPS) is 11.5. The molecule has 0 heterocycles. The average molecular weight is 398 g/mol. The van der Waals surface area contributed by atoms with Crippen molar-refractivity contribution in [2.45, 2.75) is 12.5 Å². The first-order chi connectivity index (χ1) is 12.3. The Bertz CT molecular complexity index is 825. The van der Waals surface area contributed by atoms with Crippen LogP contribution in [0.5, 0.6) is 11.5 Å². The number of amides is 1. The second kappa shape index (κ2) is 8.78. The van der Waals surface area contributed by atoms with Gasteiger partial charge in [0.15, 0.2) is 11.5 Å². The summed E-state index contributed by atoms with van der Waals surface area (Å²) in [6.45, 7) is 0. The maximum Gasteiger partial charge on any atom is 0.305 e. The second-order valence-corrected chi connectivity index (χ2v) is 6.18. The third-order valence-corrected chi connectivity index (χ3v) is 4.41. The molecule has 0 radical (unpaired) electrons. The van der Waals surface area contributed by atoms with Gasteiger partial charge in [0.2, 0.25) is 0 Å². The molecule has 0 aromatic heterocycles. The van der Waals surface area contributed by atoms with Crippen LogP contribution >= 0.6 is 23.2 Å². The van der Waals surface area contributed by atoms with Crippen LogP contribution in [0.4, 0.5) is 0 Å². The SMILES string of the molecule is COc1ccc(C(CC(=O)O)NC(=O)c2ccc(Cl)c(Cl)c2)cc1OC. The number of ether oxygens (including phenoxy) is 2. The van der Waals surface area contributed by atoms with Crippen LogP contribution in [0.25, 0.3) is 0 Å². The number of hydrogen-bond donors (Lipinski definition) is 2. The molecule has 0 aliphatic carbocycles. The van der Waals surface area contributed by atoms with Crippen LogP contribution in [0.15, 0.2) is 36.4 Å². The van der Waals surface area contributed by atoms with Gasteiger partial charge < -0.3 is 19.9 Å². The van der Waals surface area contributed by atoms with Gasteiger partial charge in [-0.3, -0.25) is 9.59 Å². The van der Waals surface area contributed by atoms with Gasteiger partial charge in [-0.1, -0.05) is 29.3 Å². The molecule has 138 valence electrons. The van der Waals surface area contributed by atoms with Crippen molar-refractivity contribution in [3.63, 3.8) is 0 Å². The number of halogens is 2. The lowest BCUT2D eigenvalue weighted by molar-refractivity contribution is -0.137. The van der Waals surface area contributed by atoms with Gasteiger partial charge in [0.05, 0.1) is 36.7 Å². The maximum atomic E-state index is 12.5. The predicted octanol–water partition coefficient (Wildman–Crippen LogP) is 3.96. The summed E-state index contributed by atoms with van der Waals surface area (Å²) in [7, 11) is 2.97. The Balaban J connectivity index is 2.31. The topological polar surface area (TPSA) is 84.9 Å². The molecule has 2 rings (SSSR count). The highest BCUT2D eigenvalue weighted by molar-refractivity contribution is 6.42. The first-order valence-electron chi connectivity index (χ1n) is 7.55. The number of carboxylic acid groups (broad SMARTS) is 1. The zero-order valence-corrected chi connectivity index (χ0v) is 15.6. The van der Waals surface area contributed by atoms with Gasteiger partial charge >= 0.3 is 5.97 Å². The van der Waals surface area contributed by atoms with E-state index in [1.165, 1.54) is 32.4 Å². The van der Waals surface area contributed by atoms with Gasteiger partial charge in [0, 0.05) is 5.56 Å². The molecule has 0 fully saturated rings. The van der Waals surface area contributed by atoms with Crippen molar-refractivity contribution in [3.8, 4) is 11.5 Å². The van der Waals surface area contributed by atoms with Crippen molar-refractivity contribution in [2.75, 3.05) is 14.2 Å². The number of carbonyl (C=O) groups is 2. The molecule has 2 aromatic carbocycles. The first kappa shape index (κ1) is 19.9. The fraction of sp³-hybridized carbons (Fsp3) is 0.222. The fourth-order valence-corrected chi connectivity index (χ4v) is 2.67. The molecule has 0 saturated carbocycles. The van der Waals surface area contributed by atoms with E-state index in [0.29, 0.717) is 22.1 Å². The summed E-state index contributed by atoms with van der Waals surface area (Å²) in [5.41, 5.74) is 0.841. The van der Waals surface area contributed by atoms with Gasteiger partial charge in [-0.2, -0.15) is 0 Å². The number of rotatable bonds is 7. The molecule has 1 unspecified atom stereocenters. The molecule has 2 aromatic rings. The summed E-state index contributed by atoms with van der Waals surface area (Å²) in [6, 6.07) is 8.61. The zero-order chi connectivity index (χ0) is 19.3. The van der Waals surface area contributed by atoms with E-state index in [1.807, 2.05) is 0 Å². The minimum atomic E-state index is -1.06. The van der Waals surface area contributed by atoms with Crippen molar-refractivity contribution >= 4 is 35.1 Å². The van der Waals surface area contributed by atoms with Crippen LogP contribution in [0.2, 0.25) is 10.0 Å². The van der Waals surface area contributed by atoms with Gasteiger partial charge in [-0.05, 0) is 35.9 Å². The van der Waals surface area contributed by atoms with Crippen LogP contribution in [-0.4, -0.2) is 31.2 Å². The van der Waals surface area contributed by atoms with E-state index < -0.39 is 17.9 Å².